The number of unbranched alkanes of at least 4 members (excludes halogenated alkanes) is 14. The highest BCUT2D eigenvalue weighted by atomic mass is 31.2. The number of hydrogen-bond acceptors (Lipinski definition) is 9. The predicted octanol–water partition coefficient (Wildman–Crippen LogP) is 8.89. The predicted molar refractivity (Wildman–Crippen MR) is 194 cm³/mol. The van der Waals surface area contributed by atoms with Crippen LogP contribution in [0.15, 0.2) is 36.5 Å². The molecule has 284 valence electrons. The fourth-order valence-electron chi connectivity index (χ4n) is 4.72. The molecule has 0 aliphatic heterocycles. The van der Waals surface area contributed by atoms with E-state index in [0.29, 0.717) is 12.8 Å². The van der Waals surface area contributed by atoms with Crippen molar-refractivity contribution in [2.75, 3.05) is 19.8 Å². The number of aliphatic carboxylic acids is 1. The maximum Gasteiger partial charge on any atom is 0.472 e. The van der Waals surface area contributed by atoms with Gasteiger partial charge in [-0.2, -0.15) is 0 Å². The van der Waals surface area contributed by atoms with Crippen LogP contribution in [0.3, 0.4) is 0 Å². The summed E-state index contributed by atoms with van der Waals surface area (Å²) in [6, 6.07) is -1.52. The van der Waals surface area contributed by atoms with Crippen molar-refractivity contribution in [1.29, 1.82) is 0 Å². The molecule has 0 radical (unpaired) electrons. The minimum Gasteiger partial charge on any atom is -0.480 e. The Morgan fingerprint density at radius 1 is 0.653 bits per heavy atom. The van der Waals surface area contributed by atoms with E-state index < -0.39 is 51.1 Å². The second-order valence-corrected chi connectivity index (χ2v) is 13.8. The van der Waals surface area contributed by atoms with Gasteiger partial charge in [0.15, 0.2) is 6.10 Å². The van der Waals surface area contributed by atoms with Gasteiger partial charge in [-0.3, -0.25) is 23.4 Å². The second kappa shape index (κ2) is 32.9. The van der Waals surface area contributed by atoms with Crippen molar-refractivity contribution in [3.05, 3.63) is 36.5 Å². The number of esters is 2. The van der Waals surface area contributed by atoms with Crippen LogP contribution in [0, 0.1) is 0 Å². The average Bonchev–Trinajstić information content (AvgIpc) is 3.07. The Bertz CT molecular complexity index is 984. The standard InChI is InChI=1S/C37H66NO10P/c1-3-5-7-9-11-13-15-16-17-18-19-21-23-25-27-29-36(40)48-33(31-46-49(43,44)47-32-34(38)37(41)42)30-45-35(39)28-26-24-22-20-14-12-10-8-6-4-2/h5,7,11,13,16-17,33-34H,3-4,6,8-10,12,14-15,18-32,38H2,1-2H3,(H,41,42)(H,43,44)/b7-5-,13-11-,17-16-. The van der Waals surface area contributed by atoms with Gasteiger partial charge in [0.25, 0.3) is 0 Å². The van der Waals surface area contributed by atoms with Gasteiger partial charge in [-0.15, -0.1) is 0 Å². The van der Waals surface area contributed by atoms with Gasteiger partial charge in [0.1, 0.15) is 12.6 Å². The minimum atomic E-state index is -4.71. The third kappa shape index (κ3) is 32.7. The van der Waals surface area contributed by atoms with Crippen molar-refractivity contribution < 1.29 is 47.5 Å². The maximum absolute atomic E-state index is 12.5. The number of allylic oxidation sites excluding steroid dienone is 6. The summed E-state index contributed by atoms with van der Waals surface area (Å²) in [5.74, 6) is -2.41. The van der Waals surface area contributed by atoms with Gasteiger partial charge in [-0.05, 0) is 44.9 Å². The molecular weight excluding hydrogens is 649 g/mol. The van der Waals surface area contributed by atoms with Crippen LogP contribution in [0.2, 0.25) is 0 Å². The summed E-state index contributed by atoms with van der Waals surface area (Å²) in [6.45, 7) is 2.63. The quantitative estimate of drug-likeness (QED) is 0.0251. The lowest BCUT2D eigenvalue weighted by Gasteiger charge is -2.20. The van der Waals surface area contributed by atoms with Crippen molar-refractivity contribution in [2.24, 2.45) is 5.73 Å². The Labute approximate surface area is 295 Å². The number of rotatable bonds is 34. The van der Waals surface area contributed by atoms with Crippen molar-refractivity contribution >= 4 is 25.7 Å². The van der Waals surface area contributed by atoms with Crippen molar-refractivity contribution in [3.63, 3.8) is 0 Å². The first kappa shape index (κ1) is 46.7. The number of nitrogens with two attached hydrogens (primary N) is 1. The highest BCUT2D eigenvalue weighted by molar-refractivity contribution is 7.47. The number of carbonyl (C=O) groups excluding carboxylic acids is 2. The summed E-state index contributed by atoms with van der Waals surface area (Å²) in [6.07, 6.45) is 32.2. The van der Waals surface area contributed by atoms with E-state index in [9.17, 15) is 23.8 Å². The van der Waals surface area contributed by atoms with Crippen LogP contribution in [0.25, 0.3) is 0 Å². The van der Waals surface area contributed by atoms with Crippen LogP contribution in [-0.4, -0.2) is 59.9 Å². The number of ether oxygens (including phenoxy) is 2. The van der Waals surface area contributed by atoms with Gasteiger partial charge in [0, 0.05) is 12.8 Å². The van der Waals surface area contributed by atoms with Crippen LogP contribution >= 0.6 is 7.82 Å². The molecule has 49 heavy (non-hydrogen) atoms. The molecule has 3 atom stereocenters. The SMILES string of the molecule is CC/C=C\C/C=C\C/C=C\CCCCCCCC(=O)OC(COC(=O)CCCCCCCCCCCC)COP(=O)(O)OCC(N)C(=O)O. The number of carbonyl (C=O) groups is 3. The molecule has 0 amide bonds. The van der Waals surface area contributed by atoms with E-state index in [1.807, 2.05) is 0 Å². The molecule has 11 nitrogen and oxygen atoms in total. The molecule has 0 heterocycles. The molecule has 0 aromatic heterocycles. The Hall–Kier alpha value is -2.30. The molecule has 0 saturated heterocycles. The lowest BCUT2D eigenvalue weighted by atomic mass is 10.1. The Balaban J connectivity index is 4.48. The molecule has 0 aliphatic carbocycles. The number of phosphoric ester groups is 1. The lowest BCUT2D eigenvalue weighted by molar-refractivity contribution is -0.161. The first-order valence-corrected chi connectivity index (χ1v) is 20.0. The monoisotopic (exact) mass is 715 g/mol. The summed E-state index contributed by atoms with van der Waals surface area (Å²) < 4.78 is 32.5. The van der Waals surface area contributed by atoms with Crippen LogP contribution < -0.4 is 5.73 Å². The maximum atomic E-state index is 12.5. The molecule has 0 aromatic carbocycles. The van der Waals surface area contributed by atoms with E-state index in [-0.39, 0.29) is 19.4 Å². The molecule has 0 saturated carbocycles. The van der Waals surface area contributed by atoms with E-state index >= 15 is 0 Å². The summed E-state index contributed by atoms with van der Waals surface area (Å²) in [7, 11) is -4.71. The number of phosphoric acid groups is 1. The second-order valence-electron chi connectivity index (χ2n) is 12.3. The first-order valence-electron chi connectivity index (χ1n) is 18.5. The fourth-order valence-corrected chi connectivity index (χ4v) is 5.50. The van der Waals surface area contributed by atoms with Gasteiger partial charge < -0.3 is 25.2 Å². The zero-order chi connectivity index (χ0) is 36.4. The zero-order valence-corrected chi connectivity index (χ0v) is 31.2. The highest BCUT2D eigenvalue weighted by Crippen LogP contribution is 2.43. The van der Waals surface area contributed by atoms with E-state index in [1.54, 1.807) is 0 Å². The summed E-state index contributed by atoms with van der Waals surface area (Å²) in [5.41, 5.74) is 5.31. The van der Waals surface area contributed by atoms with E-state index in [0.717, 1.165) is 70.6 Å². The Morgan fingerprint density at radius 2 is 1.14 bits per heavy atom. The molecule has 0 fully saturated rings. The number of carboxylic acid groups (broad SMARTS) is 1. The van der Waals surface area contributed by atoms with Crippen LogP contribution in [0.1, 0.15) is 149 Å². The first-order chi connectivity index (χ1) is 23.6. The molecule has 12 heteroatoms. The molecule has 0 aromatic rings. The molecule has 0 spiro atoms. The summed E-state index contributed by atoms with van der Waals surface area (Å²) in [5, 5.41) is 8.85. The van der Waals surface area contributed by atoms with Gasteiger partial charge >= 0.3 is 25.7 Å². The molecule has 0 bridgehead atoms. The van der Waals surface area contributed by atoms with Crippen LogP contribution in [0.5, 0.6) is 0 Å². The largest absolute Gasteiger partial charge is 0.480 e. The zero-order valence-electron chi connectivity index (χ0n) is 30.3. The third-order valence-corrected chi connectivity index (χ3v) is 8.60. The van der Waals surface area contributed by atoms with Gasteiger partial charge in [0.2, 0.25) is 0 Å². The highest BCUT2D eigenvalue weighted by Gasteiger charge is 2.28. The van der Waals surface area contributed by atoms with Crippen LogP contribution in [0.4, 0.5) is 0 Å². The topological polar surface area (TPSA) is 172 Å². The van der Waals surface area contributed by atoms with E-state index in [4.69, 9.17) is 24.8 Å². The molecule has 0 aliphatic rings. The Morgan fingerprint density at radius 3 is 1.71 bits per heavy atom. The molecular formula is C37H66NO10P. The third-order valence-electron chi connectivity index (χ3n) is 7.65. The van der Waals surface area contributed by atoms with E-state index in [1.165, 1.54) is 38.5 Å². The lowest BCUT2D eigenvalue weighted by Crippen LogP contribution is -2.34. The number of hydrogen-bond donors (Lipinski definition) is 3. The Kier molecular flexibility index (Phi) is 31.3. The smallest absolute Gasteiger partial charge is 0.472 e. The molecule has 4 N–H and O–H groups in total. The summed E-state index contributed by atoms with van der Waals surface area (Å²) in [4.78, 5) is 45.6. The summed E-state index contributed by atoms with van der Waals surface area (Å²) >= 11 is 0. The molecule has 3 unspecified atom stereocenters. The van der Waals surface area contributed by atoms with Crippen LogP contribution in [-0.2, 0) is 37.5 Å². The van der Waals surface area contributed by atoms with Gasteiger partial charge in [-0.25, -0.2) is 4.57 Å². The van der Waals surface area contributed by atoms with Crippen molar-refractivity contribution in [2.45, 2.75) is 161 Å². The minimum absolute atomic E-state index is 0.142. The normalized spacial score (nSPS) is 14.4. The average molecular weight is 716 g/mol. The molecule has 0 rings (SSSR count). The van der Waals surface area contributed by atoms with Crippen molar-refractivity contribution in [1.82, 2.24) is 0 Å². The van der Waals surface area contributed by atoms with Gasteiger partial charge in [-0.1, -0.05) is 127 Å². The number of carboxylic acids is 1. The van der Waals surface area contributed by atoms with Crippen molar-refractivity contribution in [3.8, 4) is 0 Å². The van der Waals surface area contributed by atoms with Gasteiger partial charge in [0.05, 0.1) is 13.2 Å². The van der Waals surface area contributed by atoms with E-state index in [2.05, 4.69) is 54.8 Å². The fraction of sp³-hybridized carbons (Fsp3) is 0.757.